The highest BCUT2D eigenvalue weighted by Crippen LogP contribution is 2.25. The van der Waals surface area contributed by atoms with Crippen LogP contribution < -0.4 is 15.1 Å². The van der Waals surface area contributed by atoms with E-state index >= 15 is 0 Å². The summed E-state index contributed by atoms with van der Waals surface area (Å²) in [6.07, 6.45) is 10.5. The molecular formula is C17H25N5O. The first-order valence-electron chi connectivity index (χ1n) is 8.92. The van der Waals surface area contributed by atoms with Gasteiger partial charge in [0.2, 0.25) is 11.9 Å². The largest absolute Gasteiger partial charge is 0.369 e. The zero-order valence-electron chi connectivity index (χ0n) is 13.6. The van der Waals surface area contributed by atoms with Gasteiger partial charge in [0, 0.05) is 38.1 Å². The van der Waals surface area contributed by atoms with Gasteiger partial charge in [0.15, 0.2) is 0 Å². The van der Waals surface area contributed by atoms with Crippen molar-refractivity contribution in [1.82, 2.24) is 15.3 Å². The number of nitrogens with one attached hydrogen (secondary N) is 1. The lowest BCUT2D eigenvalue weighted by atomic mass is 9.95. The number of piperidine rings is 1. The number of aromatic nitrogens is 2. The maximum atomic E-state index is 12.1. The average molecular weight is 315 g/mol. The van der Waals surface area contributed by atoms with Crippen molar-refractivity contribution < 1.29 is 4.79 Å². The lowest BCUT2D eigenvalue weighted by Gasteiger charge is -2.32. The second-order valence-electron chi connectivity index (χ2n) is 6.98. The van der Waals surface area contributed by atoms with E-state index in [0.717, 1.165) is 63.5 Å². The van der Waals surface area contributed by atoms with Crippen molar-refractivity contribution in [2.75, 3.05) is 36.0 Å². The van der Waals surface area contributed by atoms with Gasteiger partial charge in [-0.15, -0.1) is 0 Å². The Morgan fingerprint density at radius 2 is 1.61 bits per heavy atom. The zero-order valence-corrected chi connectivity index (χ0v) is 13.6. The number of amides is 1. The Kier molecular flexibility index (Phi) is 4.06. The fourth-order valence-electron chi connectivity index (χ4n) is 3.50. The third-order valence-electron chi connectivity index (χ3n) is 5.17. The minimum absolute atomic E-state index is 0.177. The Labute approximate surface area is 137 Å². The summed E-state index contributed by atoms with van der Waals surface area (Å²) in [5.41, 5.74) is 1.08. The molecule has 2 saturated heterocycles. The van der Waals surface area contributed by atoms with Gasteiger partial charge in [0.25, 0.3) is 0 Å². The summed E-state index contributed by atoms with van der Waals surface area (Å²) >= 11 is 0. The van der Waals surface area contributed by atoms with Gasteiger partial charge in [0.05, 0.1) is 18.1 Å². The SMILES string of the molecule is O=C(NC1CC1)C1CCN(c2cnc(N3CCCC3)nc2)CC1. The molecular weight excluding hydrogens is 290 g/mol. The third kappa shape index (κ3) is 3.41. The van der Waals surface area contributed by atoms with Crippen LogP contribution in [0.25, 0.3) is 0 Å². The molecule has 1 aliphatic carbocycles. The number of carbonyl (C=O) groups excluding carboxylic acids is 1. The first kappa shape index (κ1) is 14.7. The van der Waals surface area contributed by atoms with Crippen molar-refractivity contribution in [3.63, 3.8) is 0 Å². The summed E-state index contributed by atoms with van der Waals surface area (Å²) < 4.78 is 0. The average Bonchev–Trinajstić information content (AvgIpc) is 3.24. The lowest BCUT2D eigenvalue weighted by Crippen LogP contribution is -2.41. The van der Waals surface area contributed by atoms with Gasteiger partial charge in [-0.2, -0.15) is 0 Å². The van der Waals surface area contributed by atoms with E-state index in [1.807, 2.05) is 12.4 Å². The molecule has 0 aromatic carbocycles. The summed E-state index contributed by atoms with van der Waals surface area (Å²) in [5, 5.41) is 3.13. The molecule has 0 unspecified atom stereocenters. The predicted molar refractivity (Wildman–Crippen MR) is 89.6 cm³/mol. The fourth-order valence-corrected chi connectivity index (χ4v) is 3.50. The van der Waals surface area contributed by atoms with Crippen LogP contribution in [0.4, 0.5) is 11.6 Å². The van der Waals surface area contributed by atoms with Crippen molar-refractivity contribution in [2.24, 2.45) is 5.92 Å². The molecule has 124 valence electrons. The molecule has 4 rings (SSSR count). The molecule has 2 aliphatic heterocycles. The third-order valence-corrected chi connectivity index (χ3v) is 5.17. The molecule has 0 atom stereocenters. The number of rotatable bonds is 4. The molecule has 0 radical (unpaired) electrons. The molecule has 0 bridgehead atoms. The van der Waals surface area contributed by atoms with Crippen LogP contribution in [0.15, 0.2) is 12.4 Å². The summed E-state index contributed by atoms with van der Waals surface area (Å²) in [6, 6.07) is 0.465. The van der Waals surface area contributed by atoms with E-state index < -0.39 is 0 Å². The predicted octanol–water partition coefficient (Wildman–Crippen LogP) is 1.57. The highest BCUT2D eigenvalue weighted by molar-refractivity contribution is 5.79. The first-order chi connectivity index (χ1) is 11.3. The summed E-state index contributed by atoms with van der Waals surface area (Å²) in [7, 11) is 0. The summed E-state index contributed by atoms with van der Waals surface area (Å²) in [6.45, 7) is 3.96. The van der Waals surface area contributed by atoms with Gasteiger partial charge >= 0.3 is 0 Å². The van der Waals surface area contributed by atoms with E-state index in [2.05, 4.69) is 25.1 Å². The maximum Gasteiger partial charge on any atom is 0.225 e. The van der Waals surface area contributed by atoms with Gasteiger partial charge in [-0.25, -0.2) is 9.97 Å². The Morgan fingerprint density at radius 3 is 2.22 bits per heavy atom. The Balaban J connectivity index is 1.31. The minimum Gasteiger partial charge on any atom is -0.369 e. The molecule has 1 amide bonds. The monoisotopic (exact) mass is 315 g/mol. The molecule has 6 nitrogen and oxygen atoms in total. The second-order valence-corrected chi connectivity index (χ2v) is 6.98. The topological polar surface area (TPSA) is 61.4 Å². The van der Waals surface area contributed by atoms with E-state index in [-0.39, 0.29) is 11.8 Å². The standard InChI is InChI=1S/C17H25N5O/c23-16(20-14-3-4-14)13-5-9-21(10-6-13)15-11-18-17(19-12-15)22-7-1-2-8-22/h11-14H,1-10H2,(H,20,23). The van der Waals surface area contributed by atoms with E-state index in [4.69, 9.17) is 0 Å². The number of anilines is 2. The molecule has 3 aliphatic rings. The number of carbonyl (C=O) groups is 1. The van der Waals surface area contributed by atoms with E-state index in [1.165, 1.54) is 12.8 Å². The van der Waals surface area contributed by atoms with Crippen molar-refractivity contribution in [2.45, 2.75) is 44.6 Å². The van der Waals surface area contributed by atoms with Gasteiger partial charge < -0.3 is 15.1 Å². The highest BCUT2D eigenvalue weighted by atomic mass is 16.2. The van der Waals surface area contributed by atoms with Crippen molar-refractivity contribution >= 4 is 17.5 Å². The van der Waals surface area contributed by atoms with Gasteiger partial charge in [-0.05, 0) is 38.5 Å². The van der Waals surface area contributed by atoms with Crippen LogP contribution in [-0.2, 0) is 4.79 Å². The summed E-state index contributed by atoms with van der Waals surface area (Å²) in [5.74, 6) is 1.29. The van der Waals surface area contributed by atoms with Crippen LogP contribution in [0.3, 0.4) is 0 Å². The molecule has 3 heterocycles. The number of hydrogen-bond donors (Lipinski definition) is 1. The Bertz CT molecular complexity index is 543. The van der Waals surface area contributed by atoms with Crippen LogP contribution in [0.5, 0.6) is 0 Å². The molecule has 1 saturated carbocycles. The smallest absolute Gasteiger partial charge is 0.225 e. The molecule has 23 heavy (non-hydrogen) atoms. The van der Waals surface area contributed by atoms with Crippen LogP contribution in [0, 0.1) is 5.92 Å². The van der Waals surface area contributed by atoms with E-state index in [0.29, 0.717) is 6.04 Å². The lowest BCUT2D eigenvalue weighted by molar-refractivity contribution is -0.125. The highest BCUT2D eigenvalue weighted by Gasteiger charge is 2.30. The summed E-state index contributed by atoms with van der Waals surface area (Å²) in [4.78, 5) is 25.7. The van der Waals surface area contributed by atoms with E-state index in [1.54, 1.807) is 0 Å². The van der Waals surface area contributed by atoms with Crippen molar-refractivity contribution in [1.29, 1.82) is 0 Å². The fraction of sp³-hybridized carbons (Fsp3) is 0.706. The Morgan fingerprint density at radius 1 is 0.957 bits per heavy atom. The quantitative estimate of drug-likeness (QED) is 0.914. The maximum absolute atomic E-state index is 12.1. The first-order valence-corrected chi connectivity index (χ1v) is 8.92. The van der Waals surface area contributed by atoms with Crippen molar-refractivity contribution in [3.05, 3.63) is 12.4 Å². The zero-order chi connectivity index (χ0) is 15.6. The van der Waals surface area contributed by atoms with Gasteiger partial charge in [-0.1, -0.05) is 0 Å². The molecule has 1 aromatic rings. The molecule has 3 fully saturated rings. The van der Waals surface area contributed by atoms with Crippen LogP contribution in [-0.4, -0.2) is 48.1 Å². The molecule has 6 heteroatoms. The van der Waals surface area contributed by atoms with Crippen molar-refractivity contribution in [3.8, 4) is 0 Å². The number of hydrogen-bond acceptors (Lipinski definition) is 5. The van der Waals surface area contributed by atoms with Crippen LogP contribution in [0.1, 0.15) is 38.5 Å². The van der Waals surface area contributed by atoms with Crippen LogP contribution in [0.2, 0.25) is 0 Å². The van der Waals surface area contributed by atoms with Gasteiger partial charge in [-0.3, -0.25) is 4.79 Å². The second kappa shape index (κ2) is 6.34. The minimum atomic E-state index is 0.177. The van der Waals surface area contributed by atoms with Crippen LogP contribution >= 0.6 is 0 Å². The molecule has 1 aromatic heterocycles. The molecule has 1 N–H and O–H groups in total. The van der Waals surface area contributed by atoms with E-state index in [9.17, 15) is 4.79 Å². The van der Waals surface area contributed by atoms with Gasteiger partial charge in [0.1, 0.15) is 0 Å². The number of nitrogens with zero attached hydrogens (tertiary/aromatic N) is 4. The molecule has 0 spiro atoms. The normalized spacial score (nSPS) is 22.4. The Hall–Kier alpha value is -1.85.